The highest BCUT2D eigenvalue weighted by Gasteiger charge is 2.31. The van der Waals surface area contributed by atoms with E-state index < -0.39 is 0 Å². The van der Waals surface area contributed by atoms with Gasteiger partial charge in [-0.2, -0.15) is 11.8 Å². The molecule has 0 unspecified atom stereocenters. The van der Waals surface area contributed by atoms with E-state index >= 15 is 0 Å². The van der Waals surface area contributed by atoms with Crippen molar-refractivity contribution < 1.29 is 0 Å². The van der Waals surface area contributed by atoms with Crippen molar-refractivity contribution >= 4 is 17.7 Å². The minimum atomic E-state index is 0.353. The van der Waals surface area contributed by atoms with Crippen molar-refractivity contribution in [3.8, 4) is 0 Å². The Morgan fingerprint density at radius 3 is 2.59 bits per heavy atom. The van der Waals surface area contributed by atoms with E-state index in [0.717, 1.165) is 12.5 Å². The fourth-order valence-electron chi connectivity index (χ4n) is 2.40. The third-order valence-electron chi connectivity index (χ3n) is 3.78. The Kier molecular flexibility index (Phi) is 4.56. The van der Waals surface area contributed by atoms with E-state index in [-0.39, 0.29) is 0 Å². The fraction of sp³-hybridized carbons (Fsp3) is 0.917. The molecule has 0 spiro atoms. The highest BCUT2D eigenvalue weighted by atomic mass is 32.2. The second-order valence-electron chi connectivity index (χ2n) is 5.18. The summed E-state index contributed by atoms with van der Waals surface area (Å²) in [5, 5.41) is 3.33. The Hall–Kier alpha value is -0.420. The maximum Gasteiger partial charge on any atom is 0.205 e. The van der Waals surface area contributed by atoms with Crippen molar-refractivity contribution in [3.63, 3.8) is 0 Å². The molecule has 0 heterocycles. The molecule has 2 aliphatic carbocycles. The molecule has 0 bridgehead atoms. The lowest BCUT2D eigenvalue weighted by molar-refractivity contribution is 0.404. The molecule has 2 saturated carbocycles. The van der Waals surface area contributed by atoms with Gasteiger partial charge in [-0.25, -0.2) is 5.84 Å². The van der Waals surface area contributed by atoms with E-state index in [1.807, 2.05) is 11.8 Å². The third-order valence-corrected chi connectivity index (χ3v) is 5.18. The highest BCUT2D eigenvalue weighted by Crippen LogP contribution is 2.38. The molecule has 0 amide bonds. The largest absolute Gasteiger partial charge is 0.353 e. The van der Waals surface area contributed by atoms with Gasteiger partial charge in [-0.05, 0) is 31.9 Å². The van der Waals surface area contributed by atoms with Gasteiger partial charge in [0.05, 0.1) is 6.54 Å². The van der Waals surface area contributed by atoms with E-state index in [4.69, 9.17) is 5.84 Å². The second-order valence-corrected chi connectivity index (χ2v) is 6.45. The first-order valence-electron chi connectivity index (χ1n) is 6.61. The summed E-state index contributed by atoms with van der Waals surface area (Å²) in [6.07, 6.45) is 11.4. The number of hydrogen-bond acceptors (Lipinski definition) is 3. The van der Waals surface area contributed by atoms with Gasteiger partial charge in [-0.15, -0.1) is 0 Å². The van der Waals surface area contributed by atoms with Gasteiger partial charge < -0.3 is 5.32 Å². The van der Waals surface area contributed by atoms with Crippen molar-refractivity contribution in [2.75, 3.05) is 12.8 Å². The Labute approximate surface area is 108 Å². The van der Waals surface area contributed by atoms with Crippen molar-refractivity contribution in [1.29, 1.82) is 0 Å². The lowest BCUT2D eigenvalue weighted by Gasteiger charge is -2.34. The number of rotatable bonds is 4. The smallest absolute Gasteiger partial charge is 0.205 e. The normalized spacial score (nSPS) is 24.5. The van der Waals surface area contributed by atoms with Crippen LogP contribution in [0.2, 0.25) is 0 Å². The summed E-state index contributed by atoms with van der Waals surface area (Å²) in [5.41, 5.74) is 2.68. The summed E-state index contributed by atoms with van der Waals surface area (Å²) in [5.74, 6) is 6.27. The van der Waals surface area contributed by atoms with E-state index in [1.165, 1.54) is 44.9 Å². The van der Waals surface area contributed by atoms with Crippen LogP contribution in [0.1, 0.15) is 44.9 Å². The monoisotopic (exact) mass is 256 g/mol. The third kappa shape index (κ3) is 3.78. The molecule has 98 valence electrons. The van der Waals surface area contributed by atoms with Crippen LogP contribution in [0.4, 0.5) is 0 Å². The number of nitrogens with zero attached hydrogens (tertiary/aromatic N) is 1. The Bertz CT molecular complexity index is 270. The Balaban J connectivity index is 1.89. The average Bonchev–Trinajstić information content (AvgIpc) is 3.19. The van der Waals surface area contributed by atoms with Gasteiger partial charge >= 0.3 is 0 Å². The number of nitrogens with two attached hydrogens (primary N) is 1. The molecule has 0 radical (unpaired) electrons. The van der Waals surface area contributed by atoms with Crippen molar-refractivity contribution in [1.82, 2.24) is 10.7 Å². The minimum Gasteiger partial charge on any atom is -0.353 e. The average molecular weight is 256 g/mol. The van der Waals surface area contributed by atoms with Gasteiger partial charge in [0.25, 0.3) is 0 Å². The summed E-state index contributed by atoms with van der Waals surface area (Å²) >= 11 is 1.98. The van der Waals surface area contributed by atoms with Gasteiger partial charge in [0.15, 0.2) is 0 Å². The second kappa shape index (κ2) is 5.96. The van der Waals surface area contributed by atoms with Crippen molar-refractivity contribution in [3.05, 3.63) is 0 Å². The van der Waals surface area contributed by atoms with Crippen LogP contribution in [0.5, 0.6) is 0 Å². The molecular formula is C12H24N4S. The maximum atomic E-state index is 5.50. The summed E-state index contributed by atoms with van der Waals surface area (Å²) < 4.78 is 0.353. The van der Waals surface area contributed by atoms with Crippen LogP contribution in [0.15, 0.2) is 4.99 Å². The summed E-state index contributed by atoms with van der Waals surface area (Å²) in [7, 11) is 0. The molecule has 0 saturated heterocycles. The lowest BCUT2D eigenvalue weighted by atomic mass is 9.88. The van der Waals surface area contributed by atoms with Gasteiger partial charge in [0.1, 0.15) is 0 Å². The van der Waals surface area contributed by atoms with Crippen LogP contribution in [0.3, 0.4) is 0 Å². The molecule has 0 atom stereocenters. The molecule has 2 fully saturated rings. The molecule has 2 aliphatic rings. The fourth-order valence-corrected chi connectivity index (χ4v) is 3.29. The number of hydrazine groups is 1. The number of nitrogens with one attached hydrogen (secondary N) is 2. The zero-order chi connectivity index (χ0) is 12.1. The zero-order valence-corrected chi connectivity index (χ0v) is 11.5. The molecule has 0 aromatic carbocycles. The molecule has 0 aromatic rings. The van der Waals surface area contributed by atoms with Crippen LogP contribution in [-0.2, 0) is 0 Å². The molecule has 17 heavy (non-hydrogen) atoms. The van der Waals surface area contributed by atoms with E-state index in [1.54, 1.807) is 0 Å². The standard InChI is InChI=1S/C12H24N4S/c1-17-12(7-3-2-4-8-12)9-14-11(16-13)15-10-5-6-10/h10H,2-9,13H2,1H3,(H2,14,15,16). The molecular weight excluding hydrogens is 232 g/mol. The van der Waals surface area contributed by atoms with Crippen LogP contribution >= 0.6 is 11.8 Å². The molecule has 5 heteroatoms. The minimum absolute atomic E-state index is 0.353. The van der Waals surface area contributed by atoms with Crippen LogP contribution < -0.4 is 16.6 Å². The number of aliphatic imine (C=N–C) groups is 1. The quantitative estimate of drug-likeness (QED) is 0.310. The van der Waals surface area contributed by atoms with Gasteiger partial charge in [0.2, 0.25) is 5.96 Å². The Morgan fingerprint density at radius 1 is 1.35 bits per heavy atom. The Morgan fingerprint density at radius 2 is 2.06 bits per heavy atom. The summed E-state index contributed by atoms with van der Waals surface area (Å²) in [6, 6.07) is 0.599. The van der Waals surface area contributed by atoms with E-state index in [0.29, 0.717) is 10.8 Å². The topological polar surface area (TPSA) is 62.4 Å². The first kappa shape index (κ1) is 13.0. The van der Waals surface area contributed by atoms with Crippen LogP contribution in [0.25, 0.3) is 0 Å². The zero-order valence-electron chi connectivity index (χ0n) is 10.7. The van der Waals surface area contributed by atoms with E-state index in [2.05, 4.69) is 22.0 Å². The first-order valence-corrected chi connectivity index (χ1v) is 7.83. The number of hydrogen-bond donors (Lipinski definition) is 3. The molecule has 4 N–H and O–H groups in total. The van der Waals surface area contributed by atoms with Gasteiger partial charge in [0, 0.05) is 10.8 Å². The highest BCUT2D eigenvalue weighted by molar-refractivity contribution is 8.00. The summed E-state index contributed by atoms with van der Waals surface area (Å²) in [4.78, 5) is 4.64. The van der Waals surface area contributed by atoms with Crippen LogP contribution in [0, 0.1) is 0 Å². The number of thioether (sulfide) groups is 1. The lowest BCUT2D eigenvalue weighted by Crippen LogP contribution is -2.44. The predicted molar refractivity (Wildman–Crippen MR) is 75.1 cm³/mol. The predicted octanol–water partition coefficient (Wildman–Crippen LogP) is 1.62. The first-order chi connectivity index (χ1) is 8.28. The number of guanidine groups is 1. The van der Waals surface area contributed by atoms with Crippen molar-refractivity contribution in [2.45, 2.75) is 55.7 Å². The van der Waals surface area contributed by atoms with Crippen LogP contribution in [-0.4, -0.2) is 29.5 Å². The van der Waals surface area contributed by atoms with Gasteiger partial charge in [-0.3, -0.25) is 10.4 Å². The summed E-state index contributed by atoms with van der Waals surface area (Å²) in [6.45, 7) is 0.882. The molecule has 2 rings (SSSR count). The maximum absolute atomic E-state index is 5.50. The van der Waals surface area contributed by atoms with Gasteiger partial charge in [-0.1, -0.05) is 19.3 Å². The van der Waals surface area contributed by atoms with E-state index in [9.17, 15) is 0 Å². The molecule has 0 aromatic heterocycles. The SMILES string of the molecule is CSC1(CN=C(NN)NC2CC2)CCCCC1. The molecule has 0 aliphatic heterocycles. The molecule has 4 nitrogen and oxygen atoms in total. The van der Waals surface area contributed by atoms with Crippen molar-refractivity contribution in [2.24, 2.45) is 10.8 Å².